The maximum Gasteiger partial charge on any atom is 0.150 e. The maximum absolute atomic E-state index is 10.7. The lowest BCUT2D eigenvalue weighted by Gasteiger charge is -1.99. The second-order valence-electron chi connectivity index (χ2n) is 2.91. The van der Waals surface area contributed by atoms with Crippen LogP contribution in [0, 0.1) is 0 Å². The van der Waals surface area contributed by atoms with Crippen LogP contribution in [0.1, 0.15) is 20.7 Å². The highest BCUT2D eigenvalue weighted by Crippen LogP contribution is 2.16. The molecule has 1 aromatic carbocycles. The van der Waals surface area contributed by atoms with E-state index in [1.807, 2.05) is 0 Å². The minimum atomic E-state index is 0.550. The SMILES string of the molecule is O=Cc1ccc2nccc(C=O)c2c1. The number of aldehydes is 2. The quantitative estimate of drug-likeness (QED) is 0.671. The van der Waals surface area contributed by atoms with E-state index < -0.39 is 0 Å². The van der Waals surface area contributed by atoms with Crippen LogP contribution in [0.2, 0.25) is 0 Å². The predicted octanol–water partition coefficient (Wildman–Crippen LogP) is 1.86. The third kappa shape index (κ3) is 1.29. The minimum absolute atomic E-state index is 0.550. The van der Waals surface area contributed by atoms with Gasteiger partial charge in [-0.3, -0.25) is 14.6 Å². The van der Waals surface area contributed by atoms with Gasteiger partial charge in [-0.25, -0.2) is 0 Å². The van der Waals surface area contributed by atoms with Gasteiger partial charge in [-0.1, -0.05) is 0 Å². The van der Waals surface area contributed by atoms with Crippen molar-refractivity contribution >= 4 is 23.5 Å². The van der Waals surface area contributed by atoms with Crippen LogP contribution in [0.25, 0.3) is 10.9 Å². The van der Waals surface area contributed by atoms with Crippen LogP contribution in [0.4, 0.5) is 0 Å². The standard InChI is InChI=1S/C11H7NO2/c13-6-8-1-2-11-10(5-8)9(7-14)3-4-12-11/h1-7H. The molecular formula is C11H7NO2. The van der Waals surface area contributed by atoms with Crippen molar-refractivity contribution in [3.63, 3.8) is 0 Å². The molecule has 2 aromatic rings. The van der Waals surface area contributed by atoms with E-state index in [1.165, 1.54) is 0 Å². The Bertz CT molecular complexity index is 506. The van der Waals surface area contributed by atoms with Crippen molar-refractivity contribution < 1.29 is 9.59 Å². The number of benzene rings is 1. The largest absolute Gasteiger partial charge is 0.298 e. The molecule has 1 heterocycles. The van der Waals surface area contributed by atoms with Crippen LogP contribution in [-0.2, 0) is 0 Å². The molecule has 0 radical (unpaired) electrons. The van der Waals surface area contributed by atoms with Crippen LogP contribution in [0.5, 0.6) is 0 Å². The van der Waals surface area contributed by atoms with Gasteiger partial charge in [-0.05, 0) is 24.3 Å². The summed E-state index contributed by atoms with van der Waals surface area (Å²) in [4.78, 5) is 25.3. The first kappa shape index (κ1) is 8.56. The van der Waals surface area contributed by atoms with E-state index in [0.717, 1.165) is 18.1 Å². The van der Waals surface area contributed by atoms with Crippen molar-refractivity contribution in [1.82, 2.24) is 4.98 Å². The number of nitrogens with zero attached hydrogens (tertiary/aromatic N) is 1. The molecule has 0 aliphatic heterocycles. The molecule has 14 heavy (non-hydrogen) atoms. The fourth-order valence-electron chi connectivity index (χ4n) is 1.36. The lowest BCUT2D eigenvalue weighted by Crippen LogP contribution is -1.88. The van der Waals surface area contributed by atoms with E-state index in [4.69, 9.17) is 0 Å². The number of carbonyl (C=O) groups is 2. The Hall–Kier alpha value is -2.03. The smallest absolute Gasteiger partial charge is 0.150 e. The number of pyridine rings is 1. The van der Waals surface area contributed by atoms with Crippen molar-refractivity contribution in [3.05, 3.63) is 41.6 Å². The Morgan fingerprint density at radius 2 is 1.93 bits per heavy atom. The summed E-state index contributed by atoms with van der Waals surface area (Å²) in [5.41, 5.74) is 1.83. The Labute approximate surface area is 80.4 Å². The van der Waals surface area contributed by atoms with Crippen molar-refractivity contribution in [2.75, 3.05) is 0 Å². The minimum Gasteiger partial charge on any atom is -0.298 e. The summed E-state index contributed by atoms with van der Waals surface area (Å²) in [6.07, 6.45) is 3.09. The first-order valence-electron chi connectivity index (χ1n) is 4.14. The summed E-state index contributed by atoms with van der Waals surface area (Å²) < 4.78 is 0. The van der Waals surface area contributed by atoms with Gasteiger partial charge in [0.05, 0.1) is 5.52 Å². The van der Waals surface area contributed by atoms with Gasteiger partial charge in [-0.15, -0.1) is 0 Å². The molecule has 0 bridgehead atoms. The molecule has 1 aromatic heterocycles. The molecule has 0 N–H and O–H groups in total. The zero-order chi connectivity index (χ0) is 9.97. The van der Waals surface area contributed by atoms with Crippen LogP contribution in [-0.4, -0.2) is 17.6 Å². The first-order chi connectivity index (χ1) is 6.85. The number of rotatable bonds is 2. The molecule has 0 saturated carbocycles. The average Bonchev–Trinajstić information content (AvgIpc) is 2.27. The zero-order valence-corrected chi connectivity index (χ0v) is 7.31. The van der Waals surface area contributed by atoms with Crippen molar-refractivity contribution in [2.45, 2.75) is 0 Å². The molecule has 0 atom stereocenters. The zero-order valence-electron chi connectivity index (χ0n) is 7.31. The molecular weight excluding hydrogens is 178 g/mol. The molecule has 0 spiro atoms. The second-order valence-corrected chi connectivity index (χ2v) is 2.91. The fraction of sp³-hybridized carbons (Fsp3) is 0. The van der Waals surface area contributed by atoms with E-state index in [0.29, 0.717) is 16.5 Å². The molecule has 68 valence electrons. The highest BCUT2D eigenvalue weighted by molar-refractivity contribution is 5.98. The van der Waals surface area contributed by atoms with Crippen molar-refractivity contribution in [2.24, 2.45) is 0 Å². The fourth-order valence-corrected chi connectivity index (χ4v) is 1.36. The molecule has 2 rings (SSSR count). The van der Waals surface area contributed by atoms with Gasteiger partial charge in [-0.2, -0.15) is 0 Å². The second kappa shape index (κ2) is 3.38. The van der Waals surface area contributed by atoms with Crippen LogP contribution < -0.4 is 0 Å². The van der Waals surface area contributed by atoms with Gasteiger partial charge in [0.15, 0.2) is 6.29 Å². The number of fused-ring (bicyclic) bond motifs is 1. The molecule has 0 amide bonds. The van der Waals surface area contributed by atoms with Crippen LogP contribution in [0.15, 0.2) is 30.5 Å². The van der Waals surface area contributed by atoms with Crippen LogP contribution >= 0.6 is 0 Å². The summed E-state index contributed by atoms with van der Waals surface area (Å²) in [6.45, 7) is 0. The maximum atomic E-state index is 10.7. The van der Waals surface area contributed by atoms with Crippen LogP contribution in [0.3, 0.4) is 0 Å². The molecule has 3 heteroatoms. The normalized spacial score (nSPS) is 10.0. The lowest BCUT2D eigenvalue weighted by atomic mass is 10.1. The predicted molar refractivity (Wildman–Crippen MR) is 52.5 cm³/mol. The molecule has 0 aliphatic rings. The average molecular weight is 185 g/mol. The number of hydrogen-bond donors (Lipinski definition) is 0. The summed E-state index contributed by atoms with van der Waals surface area (Å²) in [7, 11) is 0. The number of hydrogen-bond acceptors (Lipinski definition) is 3. The third-order valence-electron chi connectivity index (χ3n) is 2.06. The third-order valence-corrected chi connectivity index (χ3v) is 2.06. The van der Waals surface area contributed by atoms with Gasteiger partial charge in [0.2, 0.25) is 0 Å². The van der Waals surface area contributed by atoms with Crippen molar-refractivity contribution in [1.29, 1.82) is 0 Å². The van der Waals surface area contributed by atoms with E-state index in [1.54, 1.807) is 30.5 Å². The number of aromatic nitrogens is 1. The Kier molecular flexibility index (Phi) is 2.07. The summed E-state index contributed by atoms with van der Waals surface area (Å²) >= 11 is 0. The van der Waals surface area contributed by atoms with E-state index in [2.05, 4.69) is 4.98 Å². The summed E-state index contributed by atoms with van der Waals surface area (Å²) in [5, 5.41) is 0.715. The lowest BCUT2D eigenvalue weighted by molar-refractivity contribution is 0.111. The topological polar surface area (TPSA) is 47.0 Å². The monoisotopic (exact) mass is 185 g/mol. The Morgan fingerprint density at radius 1 is 1.07 bits per heavy atom. The van der Waals surface area contributed by atoms with Gasteiger partial charge in [0.25, 0.3) is 0 Å². The van der Waals surface area contributed by atoms with E-state index in [9.17, 15) is 9.59 Å². The van der Waals surface area contributed by atoms with Gasteiger partial charge in [0, 0.05) is 22.7 Å². The first-order valence-corrected chi connectivity index (χ1v) is 4.14. The summed E-state index contributed by atoms with van der Waals surface area (Å²) in [6, 6.07) is 6.70. The molecule has 3 nitrogen and oxygen atoms in total. The van der Waals surface area contributed by atoms with Crippen molar-refractivity contribution in [3.8, 4) is 0 Å². The molecule has 0 saturated heterocycles. The highest BCUT2D eigenvalue weighted by Gasteiger charge is 2.01. The van der Waals surface area contributed by atoms with Gasteiger partial charge < -0.3 is 0 Å². The molecule has 0 aliphatic carbocycles. The number of carbonyl (C=O) groups excluding carboxylic acids is 2. The Balaban J connectivity index is 2.82. The highest BCUT2D eigenvalue weighted by atomic mass is 16.1. The molecule has 0 fully saturated rings. The van der Waals surface area contributed by atoms with Gasteiger partial charge in [0.1, 0.15) is 6.29 Å². The van der Waals surface area contributed by atoms with E-state index in [-0.39, 0.29) is 0 Å². The van der Waals surface area contributed by atoms with E-state index >= 15 is 0 Å². The Morgan fingerprint density at radius 3 is 2.64 bits per heavy atom. The summed E-state index contributed by atoms with van der Waals surface area (Å²) in [5.74, 6) is 0. The van der Waals surface area contributed by atoms with Gasteiger partial charge >= 0.3 is 0 Å². The molecule has 0 unspecified atom stereocenters.